The van der Waals surface area contributed by atoms with Gasteiger partial charge in [-0.25, -0.2) is 19.3 Å². The number of ether oxygens (including phenoxy) is 2. The number of hydrogen-bond donors (Lipinski definition) is 3. The Morgan fingerprint density at radius 1 is 1.24 bits per heavy atom. The first-order valence-corrected chi connectivity index (χ1v) is 11.1. The lowest BCUT2D eigenvalue weighted by atomic mass is 10.1. The van der Waals surface area contributed by atoms with Gasteiger partial charge in [-0.15, -0.1) is 0 Å². The predicted molar refractivity (Wildman–Crippen MR) is 136 cm³/mol. The zero-order valence-electron chi connectivity index (χ0n) is 22.7. The van der Waals surface area contributed by atoms with E-state index in [2.05, 4.69) is 25.4 Å². The van der Waals surface area contributed by atoms with Crippen molar-refractivity contribution in [1.29, 1.82) is 0 Å². The average Bonchev–Trinajstić information content (AvgIpc) is 3.31. The first kappa shape index (κ1) is 21.9. The summed E-state index contributed by atoms with van der Waals surface area (Å²) >= 11 is 6.09. The lowest BCUT2D eigenvalue weighted by molar-refractivity contribution is 0.0963. The minimum Gasteiger partial charge on any atom is -0.494 e. The number of nitrogens with one attached hydrogen (secondary N) is 2. The van der Waals surface area contributed by atoms with Crippen LogP contribution in [0.5, 0.6) is 5.75 Å². The fourth-order valence-corrected chi connectivity index (χ4v) is 3.67. The maximum absolute atomic E-state index is 14.1. The molecule has 4 rings (SSSR count). The van der Waals surface area contributed by atoms with Crippen molar-refractivity contribution in [2.75, 3.05) is 25.1 Å². The SMILES string of the molecule is [2H]C([2H])([2H])NC(=O)c1cnc(Cl)cc1Nc1cc(COCc2nc(N)ccc2F)cc(-c2ncn(C)n2)c1OC. The monoisotopic (exact) mass is 529 g/mol. The Balaban J connectivity index is 1.72. The fraction of sp³-hybridized carbons (Fsp3) is 0.208. The highest BCUT2D eigenvalue weighted by Crippen LogP contribution is 2.39. The van der Waals surface area contributed by atoms with Gasteiger partial charge in [0.05, 0.1) is 42.8 Å². The molecule has 0 aliphatic heterocycles. The van der Waals surface area contributed by atoms with Crippen molar-refractivity contribution in [1.82, 2.24) is 30.0 Å². The Hall–Kier alpha value is -4.29. The van der Waals surface area contributed by atoms with Gasteiger partial charge in [-0.05, 0) is 35.9 Å². The lowest BCUT2D eigenvalue weighted by Gasteiger charge is -2.18. The molecular formula is C24H24ClFN8O3. The Morgan fingerprint density at radius 2 is 2.08 bits per heavy atom. The molecule has 192 valence electrons. The molecule has 0 atom stereocenters. The van der Waals surface area contributed by atoms with E-state index in [9.17, 15) is 9.18 Å². The second kappa shape index (κ2) is 11.2. The van der Waals surface area contributed by atoms with Gasteiger partial charge >= 0.3 is 0 Å². The molecule has 3 heterocycles. The smallest absolute Gasteiger partial charge is 0.254 e. The molecule has 0 aliphatic rings. The molecule has 0 aliphatic carbocycles. The number of pyridine rings is 2. The van der Waals surface area contributed by atoms with Gasteiger partial charge < -0.3 is 25.8 Å². The summed E-state index contributed by atoms with van der Waals surface area (Å²) in [6.45, 7) is -2.86. The molecule has 1 amide bonds. The molecule has 1 aromatic carbocycles. The van der Waals surface area contributed by atoms with Gasteiger partial charge in [0.25, 0.3) is 5.91 Å². The van der Waals surface area contributed by atoms with E-state index in [1.807, 2.05) is 5.32 Å². The molecule has 0 saturated carbocycles. The molecule has 0 fully saturated rings. The highest BCUT2D eigenvalue weighted by Gasteiger charge is 2.20. The van der Waals surface area contributed by atoms with Gasteiger partial charge in [0, 0.05) is 24.3 Å². The van der Waals surface area contributed by atoms with Crippen LogP contribution in [0.1, 0.15) is 25.7 Å². The standard InChI is InChI=1S/C24H24ClFN8O3/c1-28-24(35)15-9-29-20(25)8-17(15)31-18-7-13(10-37-11-19-16(26)4-5-21(27)32-19)6-14(22(18)36-3)23-30-12-34(2)33-23/h4-9,12H,10-11H2,1-3H3,(H2,27,32)(H,28,35)(H,29,31)/i1D3. The van der Waals surface area contributed by atoms with Crippen LogP contribution >= 0.6 is 11.6 Å². The highest BCUT2D eigenvalue weighted by molar-refractivity contribution is 6.29. The molecule has 0 saturated heterocycles. The van der Waals surface area contributed by atoms with Crippen LogP contribution in [-0.2, 0) is 25.0 Å². The van der Waals surface area contributed by atoms with Crippen LogP contribution in [0.4, 0.5) is 21.6 Å². The van der Waals surface area contributed by atoms with Crippen LogP contribution in [0.3, 0.4) is 0 Å². The van der Waals surface area contributed by atoms with Gasteiger partial charge in [0.15, 0.2) is 11.6 Å². The number of aromatic nitrogens is 5. The third-order valence-electron chi connectivity index (χ3n) is 5.14. The topological polar surface area (TPSA) is 142 Å². The summed E-state index contributed by atoms with van der Waals surface area (Å²) in [6, 6.07) is 7.34. The highest BCUT2D eigenvalue weighted by atomic mass is 35.5. The second-order valence-electron chi connectivity index (χ2n) is 7.76. The number of rotatable bonds is 9. The molecule has 4 aromatic rings. The summed E-state index contributed by atoms with van der Waals surface area (Å²) in [6.07, 6.45) is 2.67. The maximum Gasteiger partial charge on any atom is 0.254 e. The molecular weight excluding hydrogens is 503 g/mol. The summed E-state index contributed by atoms with van der Waals surface area (Å²) in [5.74, 6) is -0.640. The molecule has 0 bridgehead atoms. The van der Waals surface area contributed by atoms with Gasteiger partial charge in [-0.3, -0.25) is 9.48 Å². The molecule has 4 N–H and O–H groups in total. The number of carbonyl (C=O) groups excluding carboxylic acids is 1. The summed E-state index contributed by atoms with van der Waals surface area (Å²) in [7, 11) is 3.15. The first-order valence-electron chi connectivity index (χ1n) is 12.2. The van der Waals surface area contributed by atoms with Crippen molar-refractivity contribution < 1.29 is 22.8 Å². The van der Waals surface area contributed by atoms with Crippen LogP contribution in [0.15, 0.2) is 42.9 Å². The Bertz CT molecular complexity index is 1550. The largest absolute Gasteiger partial charge is 0.494 e. The zero-order valence-corrected chi connectivity index (χ0v) is 20.5. The van der Waals surface area contributed by atoms with Crippen molar-refractivity contribution in [2.24, 2.45) is 7.05 Å². The van der Waals surface area contributed by atoms with Gasteiger partial charge in [0.1, 0.15) is 28.8 Å². The van der Waals surface area contributed by atoms with Crippen molar-refractivity contribution >= 4 is 34.7 Å². The van der Waals surface area contributed by atoms with E-state index in [4.69, 9.17) is 30.9 Å². The molecule has 0 radical (unpaired) electrons. The van der Waals surface area contributed by atoms with Gasteiger partial charge in [-0.2, -0.15) is 5.10 Å². The predicted octanol–water partition coefficient (Wildman–Crippen LogP) is 3.48. The third-order valence-corrected chi connectivity index (χ3v) is 5.35. The minimum absolute atomic E-state index is 0.0118. The summed E-state index contributed by atoms with van der Waals surface area (Å²) in [4.78, 5) is 24.9. The number of aryl methyl sites for hydroxylation is 1. The summed E-state index contributed by atoms with van der Waals surface area (Å²) in [5.41, 5.74) is 7.22. The van der Waals surface area contributed by atoms with E-state index in [0.29, 0.717) is 28.4 Å². The van der Waals surface area contributed by atoms with Crippen LogP contribution in [-0.4, -0.2) is 44.7 Å². The van der Waals surface area contributed by atoms with E-state index in [-0.39, 0.29) is 41.1 Å². The number of hydrogen-bond acceptors (Lipinski definition) is 9. The molecule has 3 aromatic heterocycles. The lowest BCUT2D eigenvalue weighted by Crippen LogP contribution is -2.19. The zero-order chi connectivity index (χ0) is 29.0. The molecule has 0 unspecified atom stereocenters. The Morgan fingerprint density at radius 3 is 2.81 bits per heavy atom. The molecule has 13 heteroatoms. The van der Waals surface area contributed by atoms with Crippen LogP contribution in [0.25, 0.3) is 11.4 Å². The van der Waals surface area contributed by atoms with E-state index < -0.39 is 18.7 Å². The van der Waals surface area contributed by atoms with Crippen molar-refractivity contribution in [3.63, 3.8) is 0 Å². The number of halogens is 2. The van der Waals surface area contributed by atoms with E-state index >= 15 is 0 Å². The van der Waals surface area contributed by atoms with E-state index in [0.717, 1.165) is 6.20 Å². The summed E-state index contributed by atoms with van der Waals surface area (Å²) in [5, 5.41) is 9.42. The van der Waals surface area contributed by atoms with Crippen molar-refractivity contribution in [3.05, 3.63) is 70.6 Å². The number of benzene rings is 1. The second-order valence-corrected chi connectivity index (χ2v) is 8.14. The number of anilines is 3. The minimum atomic E-state index is -2.72. The van der Waals surface area contributed by atoms with E-state index in [1.165, 1.54) is 36.3 Å². The van der Waals surface area contributed by atoms with Crippen LogP contribution < -0.4 is 21.1 Å². The Labute approximate surface area is 221 Å². The number of amides is 1. The van der Waals surface area contributed by atoms with Crippen LogP contribution in [0, 0.1) is 5.82 Å². The van der Waals surface area contributed by atoms with Crippen molar-refractivity contribution in [3.8, 4) is 17.1 Å². The average molecular weight is 530 g/mol. The molecule has 0 spiro atoms. The number of methoxy groups -OCH3 is 1. The number of nitrogens with zero attached hydrogens (tertiary/aromatic N) is 5. The number of carbonyl (C=O) groups is 1. The van der Waals surface area contributed by atoms with Crippen molar-refractivity contribution in [2.45, 2.75) is 13.2 Å². The van der Waals surface area contributed by atoms with Gasteiger partial charge in [-0.1, -0.05) is 11.6 Å². The first-order chi connectivity index (χ1) is 18.9. The van der Waals surface area contributed by atoms with Gasteiger partial charge in [0.2, 0.25) is 0 Å². The normalized spacial score (nSPS) is 12.4. The quantitative estimate of drug-likeness (QED) is 0.278. The number of nitrogen functional groups attached to an aromatic ring is 1. The fourth-order valence-electron chi connectivity index (χ4n) is 3.51. The van der Waals surface area contributed by atoms with E-state index in [1.54, 1.807) is 19.2 Å². The molecule has 37 heavy (non-hydrogen) atoms. The van der Waals surface area contributed by atoms with Crippen LogP contribution in [0.2, 0.25) is 5.15 Å². The Kier molecular flexibility index (Phi) is 6.63. The summed E-state index contributed by atoms with van der Waals surface area (Å²) < 4.78 is 49.1. The molecule has 11 nitrogen and oxygen atoms in total. The maximum atomic E-state index is 14.1. The number of nitrogens with two attached hydrogens (primary N) is 1. The third kappa shape index (κ3) is 5.93.